The summed E-state index contributed by atoms with van der Waals surface area (Å²) in [5, 5.41) is 3.63. The first kappa shape index (κ1) is 28.8. The lowest BCUT2D eigenvalue weighted by Crippen LogP contribution is -2.47. The molecular formula is C31H32F2N4O5. The quantitative estimate of drug-likeness (QED) is 0.315. The lowest BCUT2D eigenvalue weighted by molar-refractivity contribution is 0.0199. The topological polar surface area (TPSA) is 106 Å². The van der Waals surface area contributed by atoms with Crippen LogP contribution in [-0.4, -0.2) is 51.2 Å². The molecular weight excluding hydrogens is 546 g/mol. The number of pyridine rings is 1. The van der Waals surface area contributed by atoms with E-state index in [1.54, 1.807) is 48.6 Å². The third-order valence-corrected chi connectivity index (χ3v) is 7.02. The minimum absolute atomic E-state index is 0.155. The fraction of sp³-hybridized carbons (Fsp3) is 0.323. The van der Waals surface area contributed by atoms with Crippen LogP contribution in [0.25, 0.3) is 22.0 Å². The Morgan fingerprint density at radius 3 is 2.40 bits per heavy atom. The summed E-state index contributed by atoms with van der Waals surface area (Å²) in [4.78, 5) is 43.0. The molecule has 0 bridgehead atoms. The number of benzene rings is 2. The van der Waals surface area contributed by atoms with Crippen molar-refractivity contribution in [3.8, 4) is 22.6 Å². The smallest absolute Gasteiger partial charge is 0.410 e. The van der Waals surface area contributed by atoms with Crippen LogP contribution in [0.4, 0.5) is 13.6 Å². The summed E-state index contributed by atoms with van der Waals surface area (Å²) in [6.07, 6.45) is 4.01. The average molecular weight is 579 g/mol. The molecule has 3 heterocycles. The van der Waals surface area contributed by atoms with Crippen molar-refractivity contribution in [3.63, 3.8) is 0 Å². The second-order valence-corrected chi connectivity index (χ2v) is 11.3. The van der Waals surface area contributed by atoms with Crippen molar-refractivity contribution in [3.05, 3.63) is 82.4 Å². The summed E-state index contributed by atoms with van der Waals surface area (Å²) in [6, 6.07) is 9.30. The van der Waals surface area contributed by atoms with Gasteiger partial charge in [-0.3, -0.25) is 9.59 Å². The highest BCUT2D eigenvalue weighted by Crippen LogP contribution is 2.38. The normalized spacial score (nSPS) is 14.2. The number of nitrogens with one attached hydrogen (secondary N) is 2. The molecule has 5 rings (SSSR count). The molecule has 0 spiro atoms. The molecule has 4 aromatic rings. The van der Waals surface area contributed by atoms with E-state index in [0.717, 1.165) is 12.1 Å². The van der Waals surface area contributed by atoms with Crippen LogP contribution in [0, 0.1) is 11.6 Å². The number of carbonyl (C=O) groups is 2. The van der Waals surface area contributed by atoms with Gasteiger partial charge in [-0.25, -0.2) is 13.6 Å². The van der Waals surface area contributed by atoms with Gasteiger partial charge in [0, 0.05) is 66.7 Å². The number of halogens is 2. The monoisotopic (exact) mass is 578 g/mol. The van der Waals surface area contributed by atoms with E-state index in [4.69, 9.17) is 9.47 Å². The first-order valence-corrected chi connectivity index (χ1v) is 13.6. The first-order valence-electron chi connectivity index (χ1n) is 13.6. The highest BCUT2D eigenvalue weighted by atomic mass is 19.1. The Bertz CT molecular complexity index is 1710. The minimum Gasteiger partial charge on any atom is -0.454 e. The van der Waals surface area contributed by atoms with E-state index in [1.165, 1.54) is 10.6 Å². The number of hydrogen-bond donors (Lipinski definition) is 2. The molecule has 1 aliphatic heterocycles. The Morgan fingerprint density at radius 2 is 1.71 bits per heavy atom. The molecule has 2 aromatic heterocycles. The maximum absolute atomic E-state index is 14.5. The SMILES string of the molecule is Cn1cc(-c2cc(C(=O)NC3CCN(C(=O)OC(C)(C)C)CC3)ccc2Oc2ccc(F)cc2F)c2cc[nH]c2c1=O. The number of hydrogen-bond acceptors (Lipinski definition) is 5. The fourth-order valence-electron chi connectivity index (χ4n) is 4.93. The number of carbonyl (C=O) groups excluding carboxylic acids is 2. The van der Waals surface area contributed by atoms with Crippen molar-refractivity contribution in [2.75, 3.05) is 13.1 Å². The summed E-state index contributed by atoms with van der Waals surface area (Å²) in [7, 11) is 1.60. The molecule has 220 valence electrons. The molecule has 0 unspecified atom stereocenters. The zero-order valence-electron chi connectivity index (χ0n) is 23.8. The number of nitrogens with zero attached hydrogens (tertiary/aromatic N) is 2. The second kappa shape index (κ2) is 11.3. The highest BCUT2D eigenvalue weighted by molar-refractivity contribution is 6.00. The molecule has 0 saturated carbocycles. The predicted octanol–water partition coefficient (Wildman–Crippen LogP) is 5.73. The number of ether oxygens (including phenoxy) is 2. The van der Waals surface area contributed by atoms with Crippen LogP contribution >= 0.6 is 0 Å². The van der Waals surface area contributed by atoms with Crippen molar-refractivity contribution in [2.45, 2.75) is 45.3 Å². The van der Waals surface area contributed by atoms with Gasteiger partial charge in [0.1, 0.15) is 22.7 Å². The number of H-pyrrole nitrogens is 1. The van der Waals surface area contributed by atoms with E-state index in [2.05, 4.69) is 10.3 Å². The molecule has 2 amide bonds. The molecule has 2 N–H and O–H groups in total. The fourth-order valence-corrected chi connectivity index (χ4v) is 4.93. The lowest BCUT2D eigenvalue weighted by Gasteiger charge is -2.33. The van der Waals surface area contributed by atoms with E-state index >= 15 is 0 Å². The van der Waals surface area contributed by atoms with Gasteiger partial charge in [-0.1, -0.05) is 0 Å². The predicted molar refractivity (Wildman–Crippen MR) is 154 cm³/mol. The zero-order valence-corrected chi connectivity index (χ0v) is 23.8. The van der Waals surface area contributed by atoms with Gasteiger partial charge in [0.15, 0.2) is 11.6 Å². The van der Waals surface area contributed by atoms with Gasteiger partial charge in [-0.05, 0) is 70.0 Å². The van der Waals surface area contributed by atoms with E-state index < -0.39 is 17.2 Å². The minimum atomic E-state index is -0.882. The van der Waals surface area contributed by atoms with E-state index in [-0.39, 0.29) is 35.1 Å². The molecule has 2 aromatic carbocycles. The van der Waals surface area contributed by atoms with Crippen molar-refractivity contribution >= 4 is 22.9 Å². The van der Waals surface area contributed by atoms with Crippen LogP contribution in [-0.2, 0) is 11.8 Å². The number of amides is 2. The number of fused-ring (bicyclic) bond motifs is 1. The summed E-state index contributed by atoms with van der Waals surface area (Å²) >= 11 is 0. The number of aromatic amines is 1. The van der Waals surface area contributed by atoms with Crippen LogP contribution in [0.1, 0.15) is 44.0 Å². The van der Waals surface area contributed by atoms with Crippen molar-refractivity contribution < 1.29 is 27.8 Å². The summed E-state index contributed by atoms with van der Waals surface area (Å²) < 4.78 is 40.7. The summed E-state index contributed by atoms with van der Waals surface area (Å²) in [5.41, 5.74) is 0.870. The Balaban J connectivity index is 1.43. The van der Waals surface area contributed by atoms with Gasteiger partial charge >= 0.3 is 6.09 Å². The number of aromatic nitrogens is 2. The number of piperidine rings is 1. The lowest BCUT2D eigenvalue weighted by atomic mass is 9.99. The van der Waals surface area contributed by atoms with Crippen LogP contribution in [0.2, 0.25) is 0 Å². The standard InChI is InChI=1S/C31H32F2N4O5/c1-31(2,3)42-30(40)37-13-10-20(11-14-37)35-28(38)18-5-7-25(41-26-8-6-19(32)16-24(26)33)22(15-18)23-17-36(4)29(39)27-21(23)9-12-34-27/h5-9,12,15-17,20,34H,10-11,13-14H2,1-4H3,(H,35,38). The third-order valence-electron chi connectivity index (χ3n) is 7.02. The molecule has 11 heteroatoms. The first-order chi connectivity index (χ1) is 19.9. The van der Waals surface area contributed by atoms with E-state index in [9.17, 15) is 23.2 Å². The van der Waals surface area contributed by atoms with Gasteiger partial charge in [0.05, 0.1) is 0 Å². The van der Waals surface area contributed by atoms with Crippen molar-refractivity contribution in [2.24, 2.45) is 7.05 Å². The van der Waals surface area contributed by atoms with Crippen LogP contribution in [0.5, 0.6) is 11.5 Å². The van der Waals surface area contributed by atoms with Crippen molar-refractivity contribution in [1.82, 2.24) is 19.8 Å². The summed E-state index contributed by atoms with van der Waals surface area (Å²) in [6.45, 7) is 6.34. The van der Waals surface area contributed by atoms with Crippen LogP contribution < -0.4 is 15.6 Å². The van der Waals surface area contributed by atoms with E-state index in [1.807, 2.05) is 20.8 Å². The van der Waals surface area contributed by atoms with Gasteiger partial charge < -0.3 is 29.2 Å². The van der Waals surface area contributed by atoms with Crippen molar-refractivity contribution in [1.29, 1.82) is 0 Å². The van der Waals surface area contributed by atoms with Crippen LogP contribution in [0.3, 0.4) is 0 Å². The Morgan fingerprint density at radius 1 is 1.00 bits per heavy atom. The molecule has 0 radical (unpaired) electrons. The molecule has 1 aliphatic rings. The summed E-state index contributed by atoms with van der Waals surface area (Å²) in [5.74, 6) is -1.93. The Hall–Kier alpha value is -4.67. The van der Waals surface area contributed by atoms with Gasteiger partial charge in [0.25, 0.3) is 11.5 Å². The van der Waals surface area contributed by atoms with Gasteiger partial charge in [0.2, 0.25) is 0 Å². The average Bonchev–Trinajstić information content (AvgIpc) is 3.42. The molecule has 42 heavy (non-hydrogen) atoms. The molecule has 1 saturated heterocycles. The molecule has 9 nitrogen and oxygen atoms in total. The number of rotatable bonds is 5. The zero-order chi connectivity index (χ0) is 30.2. The van der Waals surface area contributed by atoms with Gasteiger partial charge in [-0.2, -0.15) is 0 Å². The maximum atomic E-state index is 14.5. The number of likely N-dealkylation sites (tertiary alicyclic amines) is 1. The highest BCUT2D eigenvalue weighted by Gasteiger charge is 2.28. The van der Waals surface area contributed by atoms with Gasteiger partial charge in [-0.15, -0.1) is 0 Å². The molecule has 0 aliphatic carbocycles. The third kappa shape index (κ3) is 6.14. The largest absolute Gasteiger partial charge is 0.454 e. The Kier molecular flexibility index (Phi) is 7.77. The Labute approximate surface area is 241 Å². The van der Waals surface area contributed by atoms with Crippen LogP contribution in [0.15, 0.2) is 59.7 Å². The molecule has 1 fully saturated rings. The second-order valence-electron chi connectivity index (χ2n) is 11.3. The molecule has 0 atom stereocenters. The maximum Gasteiger partial charge on any atom is 0.410 e. The van der Waals surface area contributed by atoms with E-state index in [0.29, 0.717) is 53.5 Å². The number of aryl methyl sites for hydroxylation is 1.